The molecule has 17 nitrogen and oxygen atoms in total. The molecule has 0 radical (unpaired) electrons. The van der Waals surface area contributed by atoms with Gasteiger partial charge in [-0.15, -0.1) is 0 Å². The van der Waals surface area contributed by atoms with Crippen LogP contribution in [0.2, 0.25) is 0 Å². The van der Waals surface area contributed by atoms with Gasteiger partial charge in [-0.3, -0.25) is 28.8 Å². The Balaban J connectivity index is 2.12. The number of hydrogen-bond donors (Lipinski definition) is 0. The van der Waals surface area contributed by atoms with Crippen LogP contribution in [0.15, 0.2) is 11.8 Å². The van der Waals surface area contributed by atoms with Crippen molar-refractivity contribution in [1.29, 1.82) is 0 Å². The zero-order chi connectivity index (χ0) is 34.3. The molecule has 0 aromatic heterocycles. The second-order valence-corrected chi connectivity index (χ2v) is 10.9. The maximum Gasteiger partial charge on any atom is 0.337 e. The van der Waals surface area contributed by atoms with Gasteiger partial charge < -0.3 is 47.4 Å². The maximum absolute atomic E-state index is 12.7. The van der Waals surface area contributed by atoms with Crippen LogP contribution in [0, 0.1) is 11.8 Å². The van der Waals surface area contributed by atoms with Crippen LogP contribution in [0.4, 0.5) is 0 Å². The van der Waals surface area contributed by atoms with Crippen molar-refractivity contribution in [3.05, 3.63) is 11.8 Å². The normalized spacial score (nSPS) is 31.5. The molecule has 9 atom stereocenters. The Kier molecular flexibility index (Phi) is 12.1. The molecule has 3 aliphatic rings. The third kappa shape index (κ3) is 8.72. The van der Waals surface area contributed by atoms with E-state index in [9.17, 15) is 33.6 Å². The fourth-order valence-corrected chi connectivity index (χ4v) is 5.90. The third-order valence-electron chi connectivity index (χ3n) is 7.45. The van der Waals surface area contributed by atoms with E-state index in [1.807, 2.05) is 0 Å². The van der Waals surface area contributed by atoms with Crippen LogP contribution in [0.25, 0.3) is 0 Å². The highest BCUT2D eigenvalue weighted by molar-refractivity contribution is 5.89. The third-order valence-corrected chi connectivity index (χ3v) is 7.45. The van der Waals surface area contributed by atoms with Crippen LogP contribution in [-0.2, 0) is 80.9 Å². The number of hydrogen-bond acceptors (Lipinski definition) is 17. The minimum atomic E-state index is -1.66. The number of carbonyl (C=O) groups excluding carboxylic acids is 7. The van der Waals surface area contributed by atoms with Gasteiger partial charge in [0, 0.05) is 47.5 Å². The lowest BCUT2D eigenvalue weighted by Crippen LogP contribution is -2.64. The monoisotopic (exact) mass is 658 g/mol. The van der Waals surface area contributed by atoms with Crippen molar-refractivity contribution in [3.63, 3.8) is 0 Å². The van der Waals surface area contributed by atoms with Crippen LogP contribution in [0.3, 0.4) is 0 Å². The lowest BCUT2D eigenvalue weighted by Gasteiger charge is -2.47. The molecule has 0 bridgehead atoms. The van der Waals surface area contributed by atoms with Crippen LogP contribution >= 0.6 is 0 Å². The van der Waals surface area contributed by atoms with E-state index in [4.69, 9.17) is 47.4 Å². The number of esters is 7. The Morgan fingerprint density at radius 1 is 0.761 bits per heavy atom. The predicted octanol–water partition coefficient (Wildman–Crippen LogP) is 0.391. The van der Waals surface area contributed by atoms with E-state index >= 15 is 0 Å². The van der Waals surface area contributed by atoms with Crippen molar-refractivity contribution in [2.75, 3.05) is 20.3 Å². The van der Waals surface area contributed by atoms with Gasteiger partial charge in [0.1, 0.15) is 19.3 Å². The summed E-state index contributed by atoms with van der Waals surface area (Å²) in [5.74, 6) is -7.13. The van der Waals surface area contributed by atoms with Gasteiger partial charge in [0.2, 0.25) is 12.6 Å². The van der Waals surface area contributed by atoms with Crippen LogP contribution in [0.5, 0.6) is 0 Å². The predicted molar refractivity (Wildman–Crippen MR) is 145 cm³/mol. The smallest absolute Gasteiger partial charge is 0.337 e. The highest BCUT2D eigenvalue weighted by Crippen LogP contribution is 2.52. The van der Waals surface area contributed by atoms with Gasteiger partial charge in [0.25, 0.3) is 0 Å². The number of methoxy groups -OCH3 is 1. The van der Waals surface area contributed by atoms with Crippen molar-refractivity contribution in [2.24, 2.45) is 11.8 Å². The molecule has 0 spiro atoms. The van der Waals surface area contributed by atoms with Crippen LogP contribution in [-0.4, -0.2) is 105 Å². The van der Waals surface area contributed by atoms with E-state index in [-0.39, 0.29) is 18.4 Å². The number of fused-ring (bicyclic) bond motifs is 1. The second-order valence-electron chi connectivity index (χ2n) is 10.9. The Morgan fingerprint density at radius 2 is 1.35 bits per heavy atom. The summed E-state index contributed by atoms with van der Waals surface area (Å²) in [6.07, 6.45) is -7.55. The zero-order valence-corrected chi connectivity index (χ0v) is 26.5. The van der Waals surface area contributed by atoms with Crippen molar-refractivity contribution < 1.29 is 80.9 Å². The van der Waals surface area contributed by atoms with Crippen LogP contribution in [0.1, 0.15) is 54.4 Å². The van der Waals surface area contributed by atoms with Crippen molar-refractivity contribution in [2.45, 2.75) is 97.0 Å². The molecule has 2 heterocycles. The molecule has 2 aliphatic heterocycles. The molecular weight excluding hydrogens is 620 g/mol. The molecule has 17 heteroatoms. The van der Waals surface area contributed by atoms with E-state index in [0.29, 0.717) is 0 Å². The second kappa shape index (κ2) is 15.4. The molecule has 9 unspecified atom stereocenters. The molecule has 1 saturated heterocycles. The minimum absolute atomic E-state index is 0.0887. The Hall–Kier alpha value is -4.25. The van der Waals surface area contributed by atoms with E-state index < -0.39 is 109 Å². The van der Waals surface area contributed by atoms with E-state index in [1.165, 1.54) is 7.11 Å². The summed E-state index contributed by atoms with van der Waals surface area (Å²) in [5, 5.41) is 0. The summed E-state index contributed by atoms with van der Waals surface area (Å²) in [6, 6.07) is 0. The Bertz CT molecular complexity index is 1240. The topological polar surface area (TPSA) is 212 Å². The van der Waals surface area contributed by atoms with E-state index in [1.54, 1.807) is 0 Å². The van der Waals surface area contributed by atoms with Gasteiger partial charge in [0.05, 0.1) is 24.9 Å². The minimum Gasteiger partial charge on any atom is -0.471 e. The summed E-state index contributed by atoms with van der Waals surface area (Å²) in [5.41, 5.74) is -1.48. The summed E-state index contributed by atoms with van der Waals surface area (Å²) in [7, 11) is 1.17. The average Bonchev–Trinajstić information content (AvgIpc) is 3.32. The SMILES string of the molecule is COC(=O)C1=COC(OC2OC(COC(C)=O)C(OC(C)=O)C(OC(C)=O)C2OC(C)=O)C2C1CCC2(COC(C)=O)OC(C)=O. The quantitative estimate of drug-likeness (QED) is 0.217. The fourth-order valence-electron chi connectivity index (χ4n) is 5.90. The molecule has 256 valence electrons. The van der Waals surface area contributed by atoms with Crippen molar-refractivity contribution in [1.82, 2.24) is 0 Å². The van der Waals surface area contributed by atoms with Gasteiger partial charge >= 0.3 is 41.8 Å². The lowest BCUT2D eigenvalue weighted by molar-refractivity contribution is -0.349. The first-order chi connectivity index (χ1) is 21.6. The molecule has 0 N–H and O–H groups in total. The number of rotatable bonds is 11. The standard InChI is InChI=1S/C29H38O17/c1-13(30)38-11-21-23(41-15(3)32)24(42-16(4)33)25(43-17(5)34)28(44-21)45-27-22-19(20(10-39-27)26(36)37-7)8-9-29(22,46-18(6)35)12-40-14(2)31/h10,19,21-25,27-28H,8-9,11-12H2,1-7H3. The summed E-state index contributed by atoms with van der Waals surface area (Å²) in [6.45, 7) is 5.71. The average molecular weight is 659 g/mol. The molecule has 0 amide bonds. The molecule has 1 saturated carbocycles. The van der Waals surface area contributed by atoms with Crippen molar-refractivity contribution in [3.8, 4) is 0 Å². The lowest BCUT2D eigenvalue weighted by atomic mass is 9.80. The summed E-state index contributed by atoms with van der Waals surface area (Å²) in [4.78, 5) is 85.1. The van der Waals surface area contributed by atoms with Gasteiger partial charge in [-0.1, -0.05) is 0 Å². The molecule has 0 aromatic rings. The summed E-state index contributed by atoms with van der Waals surface area (Å²) >= 11 is 0. The first-order valence-corrected chi connectivity index (χ1v) is 14.3. The molecule has 3 rings (SSSR count). The van der Waals surface area contributed by atoms with E-state index in [0.717, 1.165) is 47.8 Å². The molecule has 0 aromatic carbocycles. The van der Waals surface area contributed by atoms with Gasteiger partial charge in [-0.25, -0.2) is 4.79 Å². The van der Waals surface area contributed by atoms with Gasteiger partial charge in [-0.05, 0) is 12.8 Å². The van der Waals surface area contributed by atoms with E-state index in [2.05, 4.69) is 0 Å². The Labute approximate surface area is 264 Å². The fraction of sp³-hybridized carbons (Fsp3) is 0.690. The van der Waals surface area contributed by atoms with Crippen LogP contribution < -0.4 is 0 Å². The highest BCUT2D eigenvalue weighted by atomic mass is 16.8. The van der Waals surface area contributed by atoms with Crippen molar-refractivity contribution >= 4 is 41.8 Å². The zero-order valence-electron chi connectivity index (χ0n) is 26.5. The number of ether oxygens (including phenoxy) is 10. The first kappa shape index (κ1) is 36.2. The van der Waals surface area contributed by atoms with Gasteiger partial charge in [0.15, 0.2) is 23.9 Å². The first-order valence-electron chi connectivity index (χ1n) is 14.3. The molecule has 46 heavy (non-hydrogen) atoms. The number of carbonyl (C=O) groups is 7. The van der Waals surface area contributed by atoms with Gasteiger partial charge in [-0.2, -0.15) is 0 Å². The maximum atomic E-state index is 12.7. The molecular formula is C29H38O17. The molecule has 2 fully saturated rings. The highest BCUT2D eigenvalue weighted by Gasteiger charge is 2.62. The molecule has 1 aliphatic carbocycles. The Morgan fingerprint density at radius 3 is 1.89 bits per heavy atom. The largest absolute Gasteiger partial charge is 0.471 e. The summed E-state index contributed by atoms with van der Waals surface area (Å²) < 4.78 is 55.5.